The number of aromatic nitrogens is 1. The minimum absolute atomic E-state index is 0.351. The van der Waals surface area contributed by atoms with Gasteiger partial charge < -0.3 is 10.1 Å². The molecule has 5 nitrogen and oxygen atoms in total. The SMILES string of the molecule is CCCc1cc(C(=O)O[C@H](C)C(=O)Nc2ccc(Cl)cn2)sc1C. The zero-order chi connectivity index (χ0) is 17.7. The van der Waals surface area contributed by atoms with E-state index in [1.165, 1.54) is 24.5 Å². The van der Waals surface area contributed by atoms with Crippen molar-refractivity contribution >= 4 is 40.6 Å². The van der Waals surface area contributed by atoms with Crippen LogP contribution in [-0.4, -0.2) is 23.0 Å². The Bertz CT molecular complexity index is 728. The van der Waals surface area contributed by atoms with Gasteiger partial charge in [-0.25, -0.2) is 9.78 Å². The molecule has 0 saturated carbocycles. The molecule has 1 atom stereocenters. The molecule has 0 radical (unpaired) electrons. The molecule has 1 amide bonds. The Kier molecular flexibility index (Phi) is 6.34. The summed E-state index contributed by atoms with van der Waals surface area (Å²) in [5.41, 5.74) is 1.15. The van der Waals surface area contributed by atoms with E-state index in [9.17, 15) is 9.59 Å². The third-order valence-corrected chi connectivity index (χ3v) is 4.67. The van der Waals surface area contributed by atoms with Crippen LogP contribution in [0.25, 0.3) is 0 Å². The molecule has 2 aromatic rings. The summed E-state index contributed by atoms with van der Waals surface area (Å²) < 4.78 is 5.25. The van der Waals surface area contributed by atoms with Crippen molar-refractivity contribution in [2.75, 3.05) is 5.32 Å². The van der Waals surface area contributed by atoms with Crippen molar-refractivity contribution in [2.24, 2.45) is 0 Å². The van der Waals surface area contributed by atoms with Crippen LogP contribution in [-0.2, 0) is 16.0 Å². The van der Waals surface area contributed by atoms with Crippen molar-refractivity contribution in [3.63, 3.8) is 0 Å². The summed E-state index contributed by atoms with van der Waals surface area (Å²) in [7, 11) is 0. The average molecular weight is 367 g/mol. The lowest BCUT2D eigenvalue weighted by molar-refractivity contribution is -0.123. The molecule has 0 bridgehead atoms. The quantitative estimate of drug-likeness (QED) is 0.776. The van der Waals surface area contributed by atoms with Gasteiger partial charge in [0.05, 0.1) is 5.02 Å². The lowest BCUT2D eigenvalue weighted by Crippen LogP contribution is -2.30. The van der Waals surface area contributed by atoms with Gasteiger partial charge in [-0.15, -0.1) is 11.3 Å². The predicted octanol–water partition coefficient (Wildman–Crippen LogP) is 4.24. The van der Waals surface area contributed by atoms with E-state index in [1.807, 2.05) is 13.0 Å². The van der Waals surface area contributed by atoms with Crippen LogP contribution in [0.1, 0.15) is 40.4 Å². The highest BCUT2D eigenvalue weighted by molar-refractivity contribution is 7.14. The second-order valence-electron chi connectivity index (χ2n) is 5.34. The van der Waals surface area contributed by atoms with Crippen LogP contribution in [0.3, 0.4) is 0 Å². The summed E-state index contributed by atoms with van der Waals surface area (Å²) in [6, 6.07) is 5.04. The zero-order valence-electron chi connectivity index (χ0n) is 13.8. The van der Waals surface area contributed by atoms with Crippen molar-refractivity contribution in [2.45, 2.75) is 39.7 Å². The summed E-state index contributed by atoms with van der Waals surface area (Å²) in [5, 5.41) is 3.06. The number of anilines is 1. The molecule has 0 aliphatic carbocycles. The molecule has 7 heteroatoms. The van der Waals surface area contributed by atoms with Gasteiger partial charge in [0.1, 0.15) is 10.7 Å². The number of hydrogen-bond donors (Lipinski definition) is 1. The number of hydrogen-bond acceptors (Lipinski definition) is 5. The number of nitrogens with zero attached hydrogens (tertiary/aromatic N) is 1. The van der Waals surface area contributed by atoms with E-state index in [1.54, 1.807) is 12.1 Å². The fourth-order valence-electron chi connectivity index (χ4n) is 2.09. The molecule has 24 heavy (non-hydrogen) atoms. The highest BCUT2D eigenvalue weighted by Gasteiger charge is 2.21. The Morgan fingerprint density at radius 3 is 2.79 bits per heavy atom. The first-order valence-corrected chi connectivity index (χ1v) is 8.82. The van der Waals surface area contributed by atoms with Crippen LogP contribution in [0.2, 0.25) is 5.02 Å². The third kappa shape index (κ3) is 4.79. The first-order chi connectivity index (χ1) is 11.4. The number of ether oxygens (including phenoxy) is 1. The molecule has 0 saturated heterocycles. The van der Waals surface area contributed by atoms with Gasteiger partial charge in [-0.3, -0.25) is 4.79 Å². The van der Waals surface area contributed by atoms with Gasteiger partial charge in [0.25, 0.3) is 5.91 Å². The Morgan fingerprint density at radius 2 is 2.17 bits per heavy atom. The minimum Gasteiger partial charge on any atom is -0.448 e. The van der Waals surface area contributed by atoms with Crippen LogP contribution >= 0.6 is 22.9 Å². The maximum atomic E-state index is 12.2. The molecular weight excluding hydrogens is 348 g/mol. The number of nitrogens with one attached hydrogen (secondary N) is 1. The second kappa shape index (κ2) is 8.26. The number of aryl methyl sites for hydroxylation is 2. The topological polar surface area (TPSA) is 68.3 Å². The Hall–Kier alpha value is -1.92. The van der Waals surface area contributed by atoms with E-state index in [-0.39, 0.29) is 0 Å². The smallest absolute Gasteiger partial charge is 0.349 e. The summed E-state index contributed by atoms with van der Waals surface area (Å²) >= 11 is 7.13. The second-order valence-corrected chi connectivity index (χ2v) is 7.03. The molecule has 2 heterocycles. The highest BCUT2D eigenvalue weighted by atomic mass is 35.5. The monoisotopic (exact) mass is 366 g/mol. The number of esters is 1. The highest BCUT2D eigenvalue weighted by Crippen LogP contribution is 2.24. The third-order valence-electron chi connectivity index (χ3n) is 3.37. The first kappa shape index (κ1) is 18.4. The fourth-order valence-corrected chi connectivity index (χ4v) is 3.15. The van der Waals surface area contributed by atoms with Crippen LogP contribution < -0.4 is 5.32 Å². The van der Waals surface area contributed by atoms with Crippen molar-refractivity contribution in [3.8, 4) is 0 Å². The Labute approximate surface area is 150 Å². The summed E-state index contributed by atoms with van der Waals surface area (Å²) in [4.78, 5) is 29.9. The summed E-state index contributed by atoms with van der Waals surface area (Å²) in [6.45, 7) is 5.59. The molecule has 2 aromatic heterocycles. The average Bonchev–Trinajstić information content (AvgIpc) is 2.91. The van der Waals surface area contributed by atoms with Gasteiger partial charge in [0.2, 0.25) is 0 Å². The molecule has 0 unspecified atom stereocenters. The Balaban J connectivity index is 1.96. The van der Waals surface area contributed by atoms with Crippen LogP contribution in [0.5, 0.6) is 0 Å². The summed E-state index contributed by atoms with van der Waals surface area (Å²) in [6.07, 6.45) is 2.44. The number of carbonyl (C=O) groups excluding carboxylic acids is 2. The lowest BCUT2D eigenvalue weighted by atomic mass is 10.1. The van der Waals surface area contributed by atoms with E-state index < -0.39 is 18.0 Å². The van der Waals surface area contributed by atoms with Crippen LogP contribution in [0.4, 0.5) is 5.82 Å². The first-order valence-electron chi connectivity index (χ1n) is 7.63. The summed E-state index contributed by atoms with van der Waals surface area (Å²) in [5.74, 6) is -0.582. The van der Waals surface area contributed by atoms with Crippen molar-refractivity contribution in [3.05, 3.63) is 44.7 Å². The number of rotatable bonds is 6. The van der Waals surface area contributed by atoms with Crippen molar-refractivity contribution in [1.82, 2.24) is 4.98 Å². The van der Waals surface area contributed by atoms with Crippen molar-refractivity contribution < 1.29 is 14.3 Å². The maximum absolute atomic E-state index is 12.2. The number of pyridine rings is 1. The van der Waals surface area contributed by atoms with Gasteiger partial charge in [-0.1, -0.05) is 24.9 Å². The molecule has 0 aromatic carbocycles. The van der Waals surface area contributed by atoms with E-state index in [4.69, 9.17) is 16.3 Å². The van der Waals surface area contributed by atoms with Gasteiger partial charge in [-0.05, 0) is 44.0 Å². The van der Waals surface area contributed by atoms with E-state index in [2.05, 4.69) is 17.2 Å². The molecule has 0 aliphatic rings. The molecule has 0 spiro atoms. The standard InChI is InChI=1S/C17H19ClN2O3S/c1-4-5-12-8-14(24-11(12)3)17(22)23-10(2)16(21)20-15-7-6-13(18)9-19-15/h6-10H,4-5H2,1-3H3,(H,19,20,21)/t10-/m1/s1. The normalized spacial score (nSPS) is 11.8. The molecule has 0 fully saturated rings. The minimum atomic E-state index is -0.924. The maximum Gasteiger partial charge on any atom is 0.349 e. The van der Waals surface area contributed by atoms with Crippen LogP contribution in [0, 0.1) is 6.92 Å². The molecular formula is C17H19ClN2O3S. The van der Waals surface area contributed by atoms with Gasteiger partial charge in [0, 0.05) is 11.1 Å². The van der Waals surface area contributed by atoms with Gasteiger partial charge in [-0.2, -0.15) is 0 Å². The largest absolute Gasteiger partial charge is 0.448 e. The number of amides is 1. The molecule has 0 aliphatic heterocycles. The Morgan fingerprint density at radius 1 is 1.42 bits per heavy atom. The molecule has 2 rings (SSSR count). The number of thiophene rings is 1. The number of halogens is 1. The van der Waals surface area contributed by atoms with E-state index in [0.717, 1.165) is 23.3 Å². The van der Waals surface area contributed by atoms with E-state index >= 15 is 0 Å². The zero-order valence-corrected chi connectivity index (χ0v) is 15.3. The van der Waals surface area contributed by atoms with Gasteiger partial charge >= 0.3 is 5.97 Å². The van der Waals surface area contributed by atoms with Crippen LogP contribution in [0.15, 0.2) is 24.4 Å². The number of carbonyl (C=O) groups is 2. The van der Waals surface area contributed by atoms with Gasteiger partial charge in [0.15, 0.2) is 6.10 Å². The fraction of sp³-hybridized carbons (Fsp3) is 0.353. The lowest BCUT2D eigenvalue weighted by Gasteiger charge is -2.12. The van der Waals surface area contributed by atoms with Crippen molar-refractivity contribution in [1.29, 1.82) is 0 Å². The predicted molar refractivity (Wildman–Crippen MR) is 95.8 cm³/mol. The molecule has 128 valence electrons. The molecule has 1 N–H and O–H groups in total. The van der Waals surface area contributed by atoms with E-state index in [0.29, 0.717) is 15.7 Å².